The van der Waals surface area contributed by atoms with E-state index in [4.69, 9.17) is 36.2 Å². The van der Waals surface area contributed by atoms with Crippen molar-refractivity contribution in [2.75, 3.05) is 52.9 Å². The zero-order valence-corrected chi connectivity index (χ0v) is 19.5. The maximum atomic E-state index is 13.6. The highest BCUT2D eigenvalue weighted by Crippen LogP contribution is 2.61. The summed E-state index contributed by atoms with van der Waals surface area (Å²) in [5.74, 6) is 0. The van der Waals surface area contributed by atoms with Crippen molar-refractivity contribution in [2.24, 2.45) is 5.41 Å². The molecule has 5 rings (SSSR count). The molecule has 1 aromatic rings. The van der Waals surface area contributed by atoms with Gasteiger partial charge in [-0.25, -0.2) is 9.13 Å². The Morgan fingerprint density at radius 2 is 1.55 bits per heavy atom. The fraction of sp³-hybridized carbons (Fsp3) is 0.647. The summed E-state index contributed by atoms with van der Waals surface area (Å²) in [6.45, 7) is 1.01. The molecular formula is C17H25O11P3. The van der Waals surface area contributed by atoms with Gasteiger partial charge in [0.1, 0.15) is 0 Å². The molecule has 14 heteroatoms. The van der Waals surface area contributed by atoms with E-state index in [0.29, 0.717) is 31.4 Å². The van der Waals surface area contributed by atoms with Crippen molar-refractivity contribution in [1.29, 1.82) is 0 Å². The highest BCUT2D eigenvalue weighted by atomic mass is 31.2. The van der Waals surface area contributed by atoms with Crippen LogP contribution in [0.5, 0.6) is 0 Å². The van der Waals surface area contributed by atoms with Crippen LogP contribution in [0, 0.1) is 5.41 Å². The molecule has 4 fully saturated rings. The minimum absolute atomic E-state index is 0.0257. The van der Waals surface area contributed by atoms with Crippen LogP contribution in [0.1, 0.15) is 12.8 Å². The molecule has 174 valence electrons. The van der Waals surface area contributed by atoms with Gasteiger partial charge in [-0.3, -0.25) is 31.7 Å². The van der Waals surface area contributed by atoms with E-state index in [0.717, 1.165) is 0 Å². The molecule has 0 amide bonds. The van der Waals surface area contributed by atoms with Crippen LogP contribution in [0.2, 0.25) is 0 Å². The van der Waals surface area contributed by atoms with Gasteiger partial charge in [-0.05, 0) is 25.0 Å². The second-order valence-corrected chi connectivity index (χ2v) is 12.7. The standard InChI is InChI=1S/C17H25O11P3/c18-29(16-6-2-1-3-7-16,21-8-4-9-22-30(19)23-10-5-11-24-30)25-12-17-13-26-31(20,27-14-17)28-15-17/h1-3,6-7H,4-5,8-15H2. The van der Waals surface area contributed by atoms with Crippen molar-refractivity contribution in [3.8, 4) is 0 Å². The highest BCUT2D eigenvalue weighted by molar-refractivity contribution is 7.62. The molecule has 4 aliphatic rings. The zero-order chi connectivity index (χ0) is 21.8. The third-order valence-electron chi connectivity index (χ3n) is 4.79. The van der Waals surface area contributed by atoms with Gasteiger partial charge >= 0.3 is 23.2 Å². The lowest BCUT2D eigenvalue weighted by atomic mass is 9.93. The number of hydrogen-bond acceptors (Lipinski definition) is 11. The molecule has 4 aliphatic heterocycles. The van der Waals surface area contributed by atoms with Gasteiger partial charge in [-0.2, -0.15) is 0 Å². The molecule has 0 aliphatic carbocycles. The third kappa shape index (κ3) is 5.94. The van der Waals surface area contributed by atoms with E-state index in [9.17, 15) is 13.7 Å². The third-order valence-corrected chi connectivity index (χ3v) is 9.54. The molecule has 4 heterocycles. The van der Waals surface area contributed by atoms with E-state index in [-0.39, 0.29) is 39.6 Å². The van der Waals surface area contributed by atoms with E-state index < -0.39 is 28.7 Å². The number of hydrogen-bond donors (Lipinski definition) is 0. The monoisotopic (exact) mass is 498 g/mol. The molecule has 4 saturated heterocycles. The van der Waals surface area contributed by atoms with Gasteiger partial charge in [0, 0.05) is 0 Å². The van der Waals surface area contributed by atoms with Gasteiger partial charge < -0.3 is 9.05 Å². The van der Waals surface area contributed by atoms with Crippen LogP contribution in [0.15, 0.2) is 30.3 Å². The second kappa shape index (κ2) is 9.84. The van der Waals surface area contributed by atoms with E-state index in [1.165, 1.54) is 0 Å². The lowest BCUT2D eigenvalue weighted by Gasteiger charge is -2.44. The van der Waals surface area contributed by atoms with E-state index >= 15 is 0 Å². The van der Waals surface area contributed by atoms with Gasteiger partial charge in [-0.1, -0.05) is 18.2 Å². The Morgan fingerprint density at radius 1 is 0.903 bits per heavy atom. The number of phosphoric acid groups is 2. The normalized spacial score (nSPS) is 31.9. The van der Waals surface area contributed by atoms with Gasteiger partial charge in [-0.15, -0.1) is 0 Å². The SMILES string of the molecule is O=P1(OCCCOP(=O)(OCC23COP(=O)(OC2)OC3)c2ccccc2)OCCCO1. The molecule has 2 bridgehead atoms. The number of rotatable bonds is 10. The van der Waals surface area contributed by atoms with E-state index in [2.05, 4.69) is 0 Å². The summed E-state index contributed by atoms with van der Waals surface area (Å²) < 4.78 is 79.8. The molecule has 1 unspecified atom stereocenters. The van der Waals surface area contributed by atoms with Gasteiger partial charge in [0.15, 0.2) is 0 Å². The molecule has 0 saturated carbocycles. The van der Waals surface area contributed by atoms with Gasteiger partial charge in [0.05, 0.1) is 63.6 Å². The summed E-state index contributed by atoms with van der Waals surface area (Å²) in [5, 5.41) is 0.388. The highest BCUT2D eigenvalue weighted by Gasteiger charge is 2.51. The van der Waals surface area contributed by atoms with Crippen LogP contribution < -0.4 is 5.30 Å². The number of fused-ring (bicyclic) bond motifs is 3. The summed E-state index contributed by atoms with van der Waals surface area (Å²) in [6.07, 6.45) is 0.953. The smallest absolute Gasteiger partial charge is 0.305 e. The number of benzene rings is 1. The molecule has 1 atom stereocenters. The molecule has 1 aromatic carbocycles. The summed E-state index contributed by atoms with van der Waals surface area (Å²) in [6, 6.07) is 8.54. The Bertz CT molecular complexity index is 851. The van der Waals surface area contributed by atoms with Crippen molar-refractivity contribution >= 4 is 28.5 Å². The molecule has 11 nitrogen and oxygen atoms in total. The van der Waals surface area contributed by atoms with Crippen molar-refractivity contribution in [3.63, 3.8) is 0 Å². The summed E-state index contributed by atoms with van der Waals surface area (Å²) in [4.78, 5) is 0. The Morgan fingerprint density at radius 3 is 2.19 bits per heavy atom. The maximum Gasteiger partial charge on any atom is 0.474 e. The number of phosphoric ester groups is 2. The van der Waals surface area contributed by atoms with Crippen LogP contribution in [0.25, 0.3) is 0 Å². The first-order chi connectivity index (χ1) is 14.8. The quantitative estimate of drug-likeness (QED) is 0.347. The maximum absolute atomic E-state index is 13.6. The van der Waals surface area contributed by atoms with Crippen molar-refractivity contribution in [2.45, 2.75) is 12.8 Å². The fourth-order valence-corrected chi connectivity index (χ4v) is 7.50. The van der Waals surface area contributed by atoms with Crippen molar-refractivity contribution in [1.82, 2.24) is 0 Å². The first-order valence-electron chi connectivity index (χ1n) is 9.87. The largest absolute Gasteiger partial charge is 0.474 e. The summed E-state index contributed by atoms with van der Waals surface area (Å²) in [7, 11) is -10.7. The molecular weight excluding hydrogens is 473 g/mol. The Balaban J connectivity index is 1.33. The summed E-state index contributed by atoms with van der Waals surface area (Å²) >= 11 is 0. The first kappa shape index (κ1) is 23.7. The predicted molar refractivity (Wildman–Crippen MR) is 108 cm³/mol. The lowest BCUT2D eigenvalue weighted by Crippen LogP contribution is -2.47. The fourth-order valence-electron chi connectivity index (χ4n) is 2.97. The van der Waals surface area contributed by atoms with E-state index in [1.54, 1.807) is 30.3 Å². The average Bonchev–Trinajstić information content (AvgIpc) is 2.80. The average molecular weight is 498 g/mol. The molecule has 0 N–H and O–H groups in total. The van der Waals surface area contributed by atoms with Gasteiger partial charge in [0.2, 0.25) is 0 Å². The lowest BCUT2D eigenvalue weighted by molar-refractivity contribution is -0.111. The molecule has 0 spiro atoms. The van der Waals surface area contributed by atoms with Crippen molar-refractivity contribution < 1.29 is 49.9 Å². The topological polar surface area (TPSA) is 125 Å². The molecule has 31 heavy (non-hydrogen) atoms. The van der Waals surface area contributed by atoms with Crippen LogP contribution in [0.4, 0.5) is 0 Å². The Labute approximate surface area is 180 Å². The molecule has 0 aromatic heterocycles. The minimum Gasteiger partial charge on any atom is -0.305 e. The molecule has 0 radical (unpaired) electrons. The van der Waals surface area contributed by atoms with Crippen LogP contribution >= 0.6 is 23.2 Å². The first-order valence-corrected chi connectivity index (χ1v) is 14.3. The second-order valence-electron chi connectivity index (χ2n) is 7.36. The van der Waals surface area contributed by atoms with Gasteiger partial charge in [0.25, 0.3) is 0 Å². The Hall–Kier alpha value is -0.410. The van der Waals surface area contributed by atoms with Crippen LogP contribution in [0.3, 0.4) is 0 Å². The predicted octanol–water partition coefficient (Wildman–Crippen LogP) is 3.66. The van der Waals surface area contributed by atoms with Crippen LogP contribution in [-0.2, 0) is 49.9 Å². The Kier molecular flexibility index (Phi) is 7.53. The minimum atomic E-state index is -3.71. The zero-order valence-electron chi connectivity index (χ0n) is 16.8. The summed E-state index contributed by atoms with van der Waals surface area (Å²) in [5.41, 5.74) is -0.724. The van der Waals surface area contributed by atoms with Crippen molar-refractivity contribution in [3.05, 3.63) is 30.3 Å². The van der Waals surface area contributed by atoms with E-state index in [1.807, 2.05) is 0 Å². The van der Waals surface area contributed by atoms with Crippen LogP contribution in [-0.4, -0.2) is 52.9 Å².